The molecule has 0 amide bonds. The van der Waals surface area contributed by atoms with Gasteiger partial charge in [0.15, 0.2) is 10.4 Å². The second-order valence-corrected chi connectivity index (χ2v) is 5.42. The van der Waals surface area contributed by atoms with E-state index in [-0.39, 0.29) is 0 Å². The summed E-state index contributed by atoms with van der Waals surface area (Å²) in [6.45, 7) is 0. The molecular formula is C9H7F3N2OS2. The van der Waals surface area contributed by atoms with Crippen molar-refractivity contribution in [3.05, 3.63) is 18.3 Å². The lowest BCUT2D eigenvalue weighted by molar-refractivity contribution is -0.195. The summed E-state index contributed by atoms with van der Waals surface area (Å²) < 4.78 is 36.7. The Morgan fingerprint density at radius 3 is 2.88 bits per heavy atom. The van der Waals surface area contributed by atoms with Crippen molar-refractivity contribution in [1.29, 1.82) is 0 Å². The first-order chi connectivity index (χ1) is 7.97. The van der Waals surface area contributed by atoms with E-state index in [0.717, 1.165) is 11.8 Å². The minimum absolute atomic E-state index is 0.455. The van der Waals surface area contributed by atoms with Crippen molar-refractivity contribution in [1.82, 2.24) is 9.97 Å². The molecule has 2 aromatic heterocycles. The summed E-state index contributed by atoms with van der Waals surface area (Å²) >= 11 is 2.09. The molecule has 0 bridgehead atoms. The van der Waals surface area contributed by atoms with Gasteiger partial charge in [0.1, 0.15) is 10.3 Å². The average molecular weight is 280 g/mol. The van der Waals surface area contributed by atoms with E-state index in [2.05, 4.69) is 9.97 Å². The third kappa shape index (κ3) is 3.08. The van der Waals surface area contributed by atoms with Crippen LogP contribution in [0, 0.1) is 0 Å². The van der Waals surface area contributed by atoms with E-state index >= 15 is 0 Å². The van der Waals surface area contributed by atoms with Crippen LogP contribution in [-0.2, 0) is 0 Å². The molecule has 92 valence electrons. The first-order valence-electron chi connectivity index (χ1n) is 4.56. The van der Waals surface area contributed by atoms with Gasteiger partial charge in [-0.2, -0.15) is 13.2 Å². The lowest BCUT2D eigenvalue weighted by Crippen LogP contribution is -2.30. The van der Waals surface area contributed by atoms with Crippen molar-refractivity contribution in [3.8, 4) is 0 Å². The van der Waals surface area contributed by atoms with Gasteiger partial charge >= 0.3 is 6.18 Å². The lowest BCUT2D eigenvalue weighted by atomic mass is 10.4. The number of alkyl halides is 3. The number of aliphatic hydroxyl groups is 1. The lowest BCUT2D eigenvalue weighted by Gasteiger charge is -2.12. The fourth-order valence-corrected chi connectivity index (χ4v) is 3.03. The summed E-state index contributed by atoms with van der Waals surface area (Å²) in [4.78, 5) is 8.82. The van der Waals surface area contributed by atoms with Crippen molar-refractivity contribution in [3.63, 3.8) is 0 Å². The van der Waals surface area contributed by atoms with Crippen LogP contribution in [-0.4, -0.2) is 33.1 Å². The number of hydrogen-bond acceptors (Lipinski definition) is 5. The summed E-state index contributed by atoms with van der Waals surface area (Å²) in [5.41, 5.74) is 0.654. The molecule has 0 saturated carbocycles. The molecule has 0 aliphatic heterocycles. The van der Waals surface area contributed by atoms with Crippen LogP contribution in [0.2, 0.25) is 0 Å². The maximum absolute atomic E-state index is 12.1. The SMILES string of the molecule is O[C@H](CSc1nc2cccnc2s1)C(F)(F)F. The highest BCUT2D eigenvalue weighted by molar-refractivity contribution is 8.01. The molecule has 1 N–H and O–H groups in total. The standard InChI is InChI=1S/C9H7F3N2OS2/c10-9(11,12)6(15)4-16-8-14-5-2-1-3-13-7(5)17-8/h1-3,6,15H,4H2/t6-/m1/s1. The molecule has 2 heterocycles. The van der Waals surface area contributed by atoms with Gasteiger partial charge < -0.3 is 5.11 Å². The Morgan fingerprint density at radius 1 is 1.47 bits per heavy atom. The van der Waals surface area contributed by atoms with E-state index in [1.807, 2.05) is 0 Å². The highest BCUT2D eigenvalue weighted by Crippen LogP contribution is 2.31. The zero-order valence-electron chi connectivity index (χ0n) is 8.31. The van der Waals surface area contributed by atoms with Gasteiger partial charge in [-0.1, -0.05) is 23.1 Å². The molecule has 8 heteroatoms. The van der Waals surface area contributed by atoms with Gasteiger partial charge in [-0.05, 0) is 12.1 Å². The molecule has 0 aliphatic rings. The van der Waals surface area contributed by atoms with Crippen molar-refractivity contribution < 1.29 is 18.3 Å². The predicted octanol–water partition coefficient (Wildman–Crippen LogP) is 2.71. The molecule has 0 radical (unpaired) electrons. The summed E-state index contributed by atoms with van der Waals surface area (Å²) in [6, 6.07) is 3.45. The molecule has 0 saturated heterocycles. The molecule has 3 nitrogen and oxygen atoms in total. The minimum Gasteiger partial charge on any atom is -0.383 e. The zero-order valence-corrected chi connectivity index (χ0v) is 9.94. The largest absolute Gasteiger partial charge is 0.415 e. The normalized spacial score (nSPS) is 14.1. The number of nitrogens with zero attached hydrogens (tertiary/aromatic N) is 2. The van der Waals surface area contributed by atoms with E-state index in [4.69, 9.17) is 5.11 Å². The number of thioether (sulfide) groups is 1. The number of pyridine rings is 1. The van der Waals surface area contributed by atoms with Crippen LogP contribution in [0.5, 0.6) is 0 Å². The minimum atomic E-state index is -4.58. The van der Waals surface area contributed by atoms with Gasteiger partial charge in [-0.15, -0.1) is 0 Å². The number of aromatic nitrogens is 2. The quantitative estimate of drug-likeness (QED) is 0.878. The van der Waals surface area contributed by atoms with Gasteiger partial charge in [0.05, 0.1) is 0 Å². The topological polar surface area (TPSA) is 46.0 Å². The van der Waals surface area contributed by atoms with Crippen molar-refractivity contribution in [2.45, 2.75) is 16.6 Å². The number of thiazole rings is 1. The molecule has 17 heavy (non-hydrogen) atoms. The second-order valence-electron chi connectivity index (χ2n) is 3.18. The molecule has 0 fully saturated rings. The van der Waals surface area contributed by atoms with E-state index in [0.29, 0.717) is 14.7 Å². The Labute approximate surface area is 103 Å². The molecule has 0 aliphatic carbocycles. The molecule has 2 aromatic rings. The highest BCUT2D eigenvalue weighted by atomic mass is 32.2. The third-order valence-corrected chi connectivity index (χ3v) is 4.09. The highest BCUT2D eigenvalue weighted by Gasteiger charge is 2.38. The van der Waals surface area contributed by atoms with Crippen LogP contribution < -0.4 is 0 Å². The fraction of sp³-hybridized carbons (Fsp3) is 0.333. The Hall–Kier alpha value is -0.860. The summed E-state index contributed by atoms with van der Waals surface area (Å²) in [5, 5.41) is 8.84. The maximum Gasteiger partial charge on any atom is 0.415 e. The van der Waals surface area contributed by atoms with Crippen LogP contribution in [0.3, 0.4) is 0 Å². The Balaban J connectivity index is 2.04. The van der Waals surface area contributed by atoms with Crippen LogP contribution in [0.1, 0.15) is 0 Å². The van der Waals surface area contributed by atoms with Crippen molar-refractivity contribution in [2.24, 2.45) is 0 Å². The van der Waals surface area contributed by atoms with Crippen molar-refractivity contribution >= 4 is 33.4 Å². The summed E-state index contributed by atoms with van der Waals surface area (Å²) in [7, 11) is 0. The third-order valence-electron chi connectivity index (χ3n) is 1.89. The number of halogens is 3. The summed E-state index contributed by atoms with van der Waals surface area (Å²) in [6.07, 6.45) is -5.31. The number of hydrogen-bond donors (Lipinski definition) is 1. The zero-order chi connectivity index (χ0) is 12.5. The molecular weight excluding hydrogens is 273 g/mol. The van der Waals surface area contributed by atoms with Gasteiger partial charge in [-0.25, -0.2) is 9.97 Å². The Bertz CT molecular complexity index is 481. The fourth-order valence-electron chi connectivity index (χ4n) is 1.06. The van der Waals surface area contributed by atoms with Crippen molar-refractivity contribution in [2.75, 3.05) is 5.75 Å². The van der Waals surface area contributed by atoms with E-state index in [9.17, 15) is 13.2 Å². The van der Waals surface area contributed by atoms with E-state index in [1.54, 1.807) is 18.3 Å². The molecule has 1 atom stereocenters. The van der Waals surface area contributed by atoms with Crippen LogP contribution in [0.15, 0.2) is 22.7 Å². The smallest absolute Gasteiger partial charge is 0.383 e. The predicted molar refractivity (Wildman–Crippen MR) is 60.2 cm³/mol. The van der Waals surface area contributed by atoms with Gasteiger partial charge in [0.25, 0.3) is 0 Å². The Morgan fingerprint density at radius 2 is 2.24 bits per heavy atom. The number of aliphatic hydroxyl groups excluding tert-OH is 1. The summed E-state index contributed by atoms with van der Waals surface area (Å²) in [5.74, 6) is -0.455. The monoisotopic (exact) mass is 280 g/mol. The number of fused-ring (bicyclic) bond motifs is 1. The maximum atomic E-state index is 12.1. The van der Waals surface area contributed by atoms with Gasteiger partial charge in [0, 0.05) is 11.9 Å². The van der Waals surface area contributed by atoms with E-state index in [1.165, 1.54) is 11.3 Å². The first-order valence-corrected chi connectivity index (χ1v) is 6.36. The van der Waals surface area contributed by atoms with Crippen LogP contribution in [0.4, 0.5) is 13.2 Å². The van der Waals surface area contributed by atoms with Crippen LogP contribution >= 0.6 is 23.1 Å². The molecule has 0 unspecified atom stereocenters. The molecule has 0 spiro atoms. The van der Waals surface area contributed by atoms with Crippen LogP contribution in [0.25, 0.3) is 10.3 Å². The molecule has 2 rings (SSSR count). The van der Waals surface area contributed by atoms with Gasteiger partial charge in [0.2, 0.25) is 0 Å². The second kappa shape index (κ2) is 4.79. The van der Waals surface area contributed by atoms with Gasteiger partial charge in [-0.3, -0.25) is 0 Å². The Kier molecular flexibility index (Phi) is 3.55. The number of rotatable bonds is 3. The van der Waals surface area contributed by atoms with E-state index < -0.39 is 18.0 Å². The average Bonchev–Trinajstić information content (AvgIpc) is 2.66. The first kappa shape index (κ1) is 12.6. The molecule has 0 aromatic carbocycles.